The zero-order valence-corrected chi connectivity index (χ0v) is 15.2. The van der Waals surface area contributed by atoms with Gasteiger partial charge in [-0.3, -0.25) is 4.90 Å². The summed E-state index contributed by atoms with van der Waals surface area (Å²) in [6.07, 6.45) is 2.38. The van der Waals surface area contributed by atoms with Gasteiger partial charge in [0, 0.05) is 25.2 Å². The van der Waals surface area contributed by atoms with Gasteiger partial charge in [-0.25, -0.2) is 0 Å². The molecule has 1 heterocycles. The minimum Gasteiger partial charge on any atom is -0.317 e. The first-order valence-corrected chi connectivity index (χ1v) is 9.19. The van der Waals surface area contributed by atoms with Crippen molar-refractivity contribution in [1.29, 1.82) is 0 Å². The second-order valence-corrected chi connectivity index (χ2v) is 7.22. The molecule has 1 N–H and O–H groups in total. The highest BCUT2D eigenvalue weighted by atomic mass is 15.2. The lowest BCUT2D eigenvalue weighted by Gasteiger charge is -2.41. The Balaban J connectivity index is 1.70. The summed E-state index contributed by atoms with van der Waals surface area (Å²) in [5.41, 5.74) is 4.22. The van der Waals surface area contributed by atoms with Crippen molar-refractivity contribution in [1.82, 2.24) is 10.2 Å². The summed E-state index contributed by atoms with van der Waals surface area (Å²) in [5, 5.41) is 3.56. The summed E-state index contributed by atoms with van der Waals surface area (Å²) in [4.78, 5) is 2.65. The van der Waals surface area contributed by atoms with Gasteiger partial charge in [-0.15, -0.1) is 0 Å². The number of rotatable bonds is 5. The standard InChI is InChI=1S/C22H30N2/c1-17-9-11-19(12-10-17)15-21-16-24(14-13-22(21)23-3)18(2)20-7-5-4-6-8-20/h4-12,18,21-23H,13-16H2,1-3H3/t18-,21?,22?/m0/s1. The normalized spacial score (nSPS) is 23.1. The summed E-state index contributed by atoms with van der Waals surface area (Å²) in [6, 6.07) is 21.1. The number of nitrogens with one attached hydrogen (secondary N) is 1. The first-order chi connectivity index (χ1) is 11.7. The molecule has 128 valence electrons. The van der Waals surface area contributed by atoms with E-state index in [1.54, 1.807) is 0 Å². The molecule has 0 radical (unpaired) electrons. The molecule has 0 amide bonds. The second kappa shape index (κ2) is 7.96. The van der Waals surface area contributed by atoms with E-state index in [-0.39, 0.29) is 0 Å². The summed E-state index contributed by atoms with van der Waals surface area (Å²) in [5.74, 6) is 0.664. The van der Waals surface area contributed by atoms with Crippen LogP contribution in [0.15, 0.2) is 54.6 Å². The number of hydrogen-bond acceptors (Lipinski definition) is 2. The van der Waals surface area contributed by atoms with Gasteiger partial charge in [0.15, 0.2) is 0 Å². The maximum absolute atomic E-state index is 3.56. The van der Waals surface area contributed by atoms with E-state index in [2.05, 4.69) is 85.7 Å². The average Bonchev–Trinajstić information content (AvgIpc) is 2.63. The van der Waals surface area contributed by atoms with E-state index in [1.165, 1.54) is 29.7 Å². The van der Waals surface area contributed by atoms with Crippen molar-refractivity contribution >= 4 is 0 Å². The van der Waals surface area contributed by atoms with Gasteiger partial charge < -0.3 is 5.32 Å². The molecule has 3 rings (SSSR count). The molecule has 3 atom stereocenters. The summed E-state index contributed by atoms with van der Waals surface area (Å²) in [6.45, 7) is 6.84. The molecule has 1 aliphatic rings. The summed E-state index contributed by atoms with van der Waals surface area (Å²) >= 11 is 0. The predicted molar refractivity (Wildman–Crippen MR) is 102 cm³/mol. The van der Waals surface area contributed by atoms with Gasteiger partial charge in [0.2, 0.25) is 0 Å². The third kappa shape index (κ3) is 4.06. The van der Waals surface area contributed by atoms with E-state index >= 15 is 0 Å². The van der Waals surface area contributed by atoms with E-state index in [0.29, 0.717) is 18.0 Å². The van der Waals surface area contributed by atoms with Crippen LogP contribution in [-0.4, -0.2) is 31.1 Å². The fourth-order valence-corrected chi connectivity index (χ4v) is 3.97. The fourth-order valence-electron chi connectivity index (χ4n) is 3.97. The minimum absolute atomic E-state index is 0.490. The van der Waals surface area contributed by atoms with Gasteiger partial charge in [-0.2, -0.15) is 0 Å². The van der Waals surface area contributed by atoms with Gasteiger partial charge in [-0.1, -0.05) is 60.2 Å². The van der Waals surface area contributed by atoms with Crippen LogP contribution >= 0.6 is 0 Å². The van der Waals surface area contributed by atoms with Gasteiger partial charge in [-0.05, 0) is 50.8 Å². The molecule has 2 aromatic carbocycles. The second-order valence-electron chi connectivity index (χ2n) is 7.22. The van der Waals surface area contributed by atoms with Gasteiger partial charge >= 0.3 is 0 Å². The minimum atomic E-state index is 0.490. The highest BCUT2D eigenvalue weighted by Gasteiger charge is 2.30. The zero-order valence-electron chi connectivity index (χ0n) is 15.2. The molecule has 0 saturated carbocycles. The SMILES string of the molecule is CNC1CCN([C@@H](C)c2ccccc2)CC1Cc1ccc(C)cc1. The number of hydrogen-bond donors (Lipinski definition) is 1. The van der Waals surface area contributed by atoms with Crippen molar-refractivity contribution < 1.29 is 0 Å². The Morgan fingerprint density at radius 3 is 2.46 bits per heavy atom. The van der Waals surface area contributed by atoms with Crippen molar-refractivity contribution in [2.75, 3.05) is 20.1 Å². The third-order valence-electron chi connectivity index (χ3n) is 5.58. The molecule has 24 heavy (non-hydrogen) atoms. The molecular formula is C22H30N2. The largest absolute Gasteiger partial charge is 0.317 e. The van der Waals surface area contributed by atoms with Crippen LogP contribution in [0.3, 0.4) is 0 Å². The lowest BCUT2D eigenvalue weighted by atomic mass is 9.85. The molecule has 2 aromatic rings. The topological polar surface area (TPSA) is 15.3 Å². The molecule has 1 fully saturated rings. The molecule has 0 bridgehead atoms. The smallest absolute Gasteiger partial charge is 0.0320 e. The monoisotopic (exact) mass is 322 g/mol. The van der Waals surface area contributed by atoms with E-state index < -0.39 is 0 Å². The van der Waals surface area contributed by atoms with E-state index in [0.717, 1.165) is 13.0 Å². The molecule has 2 unspecified atom stereocenters. The van der Waals surface area contributed by atoms with Crippen LogP contribution < -0.4 is 5.32 Å². The van der Waals surface area contributed by atoms with Crippen LogP contribution in [0.5, 0.6) is 0 Å². The van der Waals surface area contributed by atoms with Crippen LogP contribution in [0.25, 0.3) is 0 Å². The lowest BCUT2D eigenvalue weighted by molar-refractivity contribution is 0.106. The Morgan fingerprint density at radius 2 is 1.79 bits per heavy atom. The quantitative estimate of drug-likeness (QED) is 0.887. The molecule has 2 nitrogen and oxygen atoms in total. The fraction of sp³-hybridized carbons (Fsp3) is 0.455. The van der Waals surface area contributed by atoms with E-state index in [9.17, 15) is 0 Å². The highest BCUT2D eigenvalue weighted by molar-refractivity contribution is 5.22. The van der Waals surface area contributed by atoms with Crippen LogP contribution in [0, 0.1) is 12.8 Å². The van der Waals surface area contributed by atoms with Crippen LogP contribution in [0.4, 0.5) is 0 Å². The highest BCUT2D eigenvalue weighted by Crippen LogP contribution is 2.28. The Bertz CT molecular complexity index is 620. The number of likely N-dealkylation sites (tertiary alicyclic amines) is 1. The molecule has 0 aromatic heterocycles. The third-order valence-corrected chi connectivity index (χ3v) is 5.58. The van der Waals surface area contributed by atoms with Crippen molar-refractivity contribution in [2.45, 2.75) is 38.8 Å². The average molecular weight is 322 g/mol. The van der Waals surface area contributed by atoms with E-state index in [1.807, 2.05) is 0 Å². The summed E-state index contributed by atoms with van der Waals surface area (Å²) in [7, 11) is 2.11. The molecule has 1 aliphatic heterocycles. The van der Waals surface area contributed by atoms with Crippen LogP contribution in [0.1, 0.15) is 36.1 Å². The number of benzene rings is 2. The van der Waals surface area contributed by atoms with Gasteiger partial charge in [0.1, 0.15) is 0 Å². The van der Waals surface area contributed by atoms with Gasteiger partial charge in [0.05, 0.1) is 0 Å². The van der Waals surface area contributed by atoms with E-state index in [4.69, 9.17) is 0 Å². The summed E-state index contributed by atoms with van der Waals surface area (Å²) < 4.78 is 0. The Kier molecular flexibility index (Phi) is 5.70. The Labute approximate surface area is 146 Å². The molecule has 0 aliphatic carbocycles. The molecular weight excluding hydrogens is 292 g/mol. The van der Waals surface area contributed by atoms with Crippen molar-refractivity contribution in [2.24, 2.45) is 5.92 Å². The van der Waals surface area contributed by atoms with Crippen LogP contribution in [0.2, 0.25) is 0 Å². The van der Waals surface area contributed by atoms with Crippen molar-refractivity contribution in [3.8, 4) is 0 Å². The number of aryl methyl sites for hydroxylation is 1. The lowest BCUT2D eigenvalue weighted by Crippen LogP contribution is -2.49. The van der Waals surface area contributed by atoms with Crippen molar-refractivity contribution in [3.63, 3.8) is 0 Å². The van der Waals surface area contributed by atoms with Crippen LogP contribution in [-0.2, 0) is 6.42 Å². The molecule has 0 spiro atoms. The number of nitrogens with zero attached hydrogens (tertiary/aromatic N) is 1. The maximum atomic E-state index is 3.56. The van der Waals surface area contributed by atoms with Crippen molar-refractivity contribution in [3.05, 3.63) is 71.3 Å². The Hall–Kier alpha value is -1.64. The predicted octanol–water partition coefficient (Wildman–Crippen LogP) is 4.21. The Morgan fingerprint density at radius 1 is 1.08 bits per heavy atom. The first kappa shape index (κ1) is 17.2. The zero-order chi connectivity index (χ0) is 16.9. The maximum Gasteiger partial charge on any atom is 0.0320 e. The first-order valence-electron chi connectivity index (χ1n) is 9.19. The molecule has 2 heteroatoms. The van der Waals surface area contributed by atoms with Gasteiger partial charge in [0.25, 0.3) is 0 Å². The molecule has 1 saturated heterocycles. The number of piperidine rings is 1.